The van der Waals surface area contributed by atoms with Crippen LogP contribution in [-0.2, 0) is 6.54 Å². The molecule has 2 atom stereocenters. The highest BCUT2D eigenvalue weighted by molar-refractivity contribution is 6.02. The summed E-state index contributed by atoms with van der Waals surface area (Å²) in [5, 5.41) is 3.04. The molecule has 1 saturated carbocycles. The summed E-state index contributed by atoms with van der Waals surface area (Å²) in [7, 11) is 0. The largest absolute Gasteiger partial charge is 0.323 e. The zero-order valence-corrected chi connectivity index (χ0v) is 14.6. The zero-order chi connectivity index (χ0) is 17.7. The van der Waals surface area contributed by atoms with Crippen LogP contribution in [0.5, 0.6) is 0 Å². The Morgan fingerprint density at radius 1 is 1.23 bits per heavy atom. The number of nitrogens with zero attached hydrogens (tertiary/aromatic N) is 4. The van der Waals surface area contributed by atoms with Crippen molar-refractivity contribution in [2.24, 2.45) is 0 Å². The van der Waals surface area contributed by atoms with Crippen LogP contribution in [0.15, 0.2) is 42.4 Å². The fourth-order valence-corrected chi connectivity index (χ4v) is 4.11. The van der Waals surface area contributed by atoms with Crippen LogP contribution in [0.4, 0.5) is 4.39 Å². The van der Waals surface area contributed by atoms with E-state index in [0.29, 0.717) is 19.4 Å². The molecule has 0 radical (unpaired) electrons. The molecule has 0 spiro atoms. The summed E-state index contributed by atoms with van der Waals surface area (Å²) in [5.74, 6) is 0.928. The molecule has 0 bridgehead atoms. The van der Waals surface area contributed by atoms with E-state index in [-0.39, 0.29) is 6.04 Å². The fourth-order valence-electron chi connectivity index (χ4n) is 4.11. The summed E-state index contributed by atoms with van der Waals surface area (Å²) in [6.45, 7) is 2.60. The van der Waals surface area contributed by atoms with Crippen molar-refractivity contribution in [2.75, 3.05) is 0 Å². The van der Waals surface area contributed by atoms with Crippen molar-refractivity contribution in [2.45, 2.75) is 44.9 Å². The molecule has 1 aromatic carbocycles. The van der Waals surface area contributed by atoms with Gasteiger partial charge in [0, 0.05) is 23.3 Å². The summed E-state index contributed by atoms with van der Waals surface area (Å²) in [4.78, 5) is 9.41. The summed E-state index contributed by atoms with van der Waals surface area (Å²) in [5.41, 5.74) is 10.1. The molecule has 1 aliphatic carbocycles. The van der Waals surface area contributed by atoms with Crippen molar-refractivity contribution < 1.29 is 4.39 Å². The Kier molecular flexibility index (Phi) is 3.56. The molecule has 134 valence electrons. The van der Waals surface area contributed by atoms with Gasteiger partial charge in [0.1, 0.15) is 17.5 Å². The van der Waals surface area contributed by atoms with Crippen LogP contribution in [0, 0.1) is 0 Å². The van der Waals surface area contributed by atoms with Crippen LogP contribution < -0.4 is 11.0 Å². The molecule has 2 aliphatic rings. The molecule has 1 fully saturated rings. The number of imidazole rings is 1. The van der Waals surface area contributed by atoms with Gasteiger partial charge in [-0.05, 0) is 32.3 Å². The van der Waals surface area contributed by atoms with Gasteiger partial charge in [-0.3, -0.25) is 9.99 Å². The highest BCUT2D eigenvalue weighted by atomic mass is 19.1. The van der Waals surface area contributed by atoms with Gasteiger partial charge in [0.05, 0.1) is 23.8 Å². The van der Waals surface area contributed by atoms with Crippen molar-refractivity contribution in [1.29, 1.82) is 0 Å². The lowest BCUT2D eigenvalue weighted by molar-refractivity contribution is 0.250. The summed E-state index contributed by atoms with van der Waals surface area (Å²) in [6.07, 6.45) is 5.12. The third kappa shape index (κ3) is 2.50. The number of para-hydroxylation sites is 1. The molecule has 7 heteroatoms. The highest BCUT2D eigenvalue weighted by Gasteiger charge is 2.30. The Balaban J connectivity index is 1.69. The number of aromatic nitrogens is 3. The number of hydrogen-bond donors (Lipinski definition) is 2. The van der Waals surface area contributed by atoms with Crippen molar-refractivity contribution in [3.05, 3.63) is 48.2 Å². The summed E-state index contributed by atoms with van der Waals surface area (Å²) < 4.78 is 16.2. The number of benzene rings is 1. The number of hydrogen-bond acceptors (Lipinski definition) is 5. The molecule has 3 heterocycles. The maximum absolute atomic E-state index is 14.0. The van der Waals surface area contributed by atoms with Gasteiger partial charge in [0.15, 0.2) is 0 Å². The second-order valence-electron chi connectivity index (χ2n) is 7.15. The third-order valence-electron chi connectivity index (χ3n) is 5.26. The van der Waals surface area contributed by atoms with E-state index in [2.05, 4.69) is 26.6 Å². The second-order valence-corrected chi connectivity index (χ2v) is 7.15. The topological polar surface area (TPSA) is 58.0 Å². The average molecular weight is 352 g/mol. The predicted molar refractivity (Wildman–Crippen MR) is 98.4 cm³/mol. The van der Waals surface area contributed by atoms with Crippen LogP contribution in [-0.4, -0.2) is 25.7 Å². The lowest BCUT2D eigenvalue weighted by atomic mass is 10.1. The lowest BCUT2D eigenvalue weighted by Gasteiger charge is -2.20. The van der Waals surface area contributed by atoms with E-state index in [4.69, 9.17) is 4.98 Å². The Morgan fingerprint density at radius 2 is 2.12 bits per heavy atom. The molecule has 2 N–H and O–H groups in total. The second kappa shape index (κ2) is 5.95. The zero-order valence-electron chi connectivity index (χ0n) is 14.6. The molecule has 26 heavy (non-hydrogen) atoms. The number of fused-ring (bicyclic) bond motifs is 3. The smallest absolute Gasteiger partial charge is 0.131 e. The van der Waals surface area contributed by atoms with E-state index in [0.717, 1.165) is 39.9 Å². The number of hydrazine groups is 2. The Bertz CT molecular complexity index is 1010. The monoisotopic (exact) mass is 352 g/mol. The minimum atomic E-state index is -0.730. The van der Waals surface area contributed by atoms with Gasteiger partial charge in [-0.1, -0.05) is 18.2 Å². The molecule has 0 saturated heterocycles. The molecular weight excluding hydrogens is 331 g/mol. The first-order chi connectivity index (χ1) is 12.7. The van der Waals surface area contributed by atoms with E-state index < -0.39 is 6.17 Å². The fraction of sp³-hybridized carbons (Fsp3) is 0.368. The third-order valence-corrected chi connectivity index (χ3v) is 5.26. The summed E-state index contributed by atoms with van der Waals surface area (Å²) in [6, 6.07) is 8.23. The summed E-state index contributed by atoms with van der Waals surface area (Å²) >= 11 is 0. The maximum Gasteiger partial charge on any atom is 0.131 e. The van der Waals surface area contributed by atoms with Crippen molar-refractivity contribution in [1.82, 2.24) is 30.5 Å². The SMILES string of the molecule is CC1=CN(Cc2nc3cnc4ccccc4c3n2[C@@H]2CC[C@H](F)C2)NN1. The number of alkyl halides is 1. The number of allylic oxidation sites excluding steroid dienone is 1. The Morgan fingerprint density at radius 3 is 2.88 bits per heavy atom. The van der Waals surface area contributed by atoms with Gasteiger partial charge in [0.2, 0.25) is 0 Å². The number of halogens is 1. The first-order valence-corrected chi connectivity index (χ1v) is 9.04. The lowest BCUT2D eigenvalue weighted by Crippen LogP contribution is -2.36. The number of pyridine rings is 1. The minimum Gasteiger partial charge on any atom is -0.323 e. The first-order valence-electron chi connectivity index (χ1n) is 9.04. The van der Waals surface area contributed by atoms with Crippen LogP contribution in [0.25, 0.3) is 21.9 Å². The average Bonchev–Trinajstić information content (AvgIpc) is 3.33. The van der Waals surface area contributed by atoms with Crippen LogP contribution in [0.2, 0.25) is 0 Å². The van der Waals surface area contributed by atoms with Crippen LogP contribution in [0.1, 0.15) is 38.1 Å². The van der Waals surface area contributed by atoms with Gasteiger partial charge in [0.25, 0.3) is 0 Å². The quantitative estimate of drug-likeness (QED) is 0.757. The number of rotatable bonds is 3. The molecule has 6 nitrogen and oxygen atoms in total. The van der Waals surface area contributed by atoms with Crippen LogP contribution >= 0.6 is 0 Å². The molecule has 0 unspecified atom stereocenters. The van der Waals surface area contributed by atoms with E-state index in [1.807, 2.05) is 42.5 Å². The van der Waals surface area contributed by atoms with Gasteiger partial charge in [-0.15, -0.1) is 5.53 Å². The molecule has 2 aromatic heterocycles. The minimum absolute atomic E-state index is 0.136. The van der Waals surface area contributed by atoms with E-state index in [9.17, 15) is 4.39 Å². The van der Waals surface area contributed by atoms with Crippen LogP contribution in [0.3, 0.4) is 0 Å². The van der Waals surface area contributed by atoms with Gasteiger partial charge in [-0.25, -0.2) is 9.37 Å². The van der Waals surface area contributed by atoms with E-state index in [1.54, 1.807) is 0 Å². The standard InChI is InChI=1S/C19H21FN6/c1-12-10-25(24-23-12)11-18-22-17-9-21-16-5-3-2-4-15(16)19(17)26(18)14-7-6-13(20)8-14/h2-5,9-10,13-14,23-24H,6-8,11H2,1H3/t13-,14+/m0/s1. The molecule has 0 amide bonds. The molecule has 5 rings (SSSR count). The Hall–Kier alpha value is -2.67. The van der Waals surface area contributed by atoms with E-state index >= 15 is 0 Å². The normalized spacial score (nSPS) is 23.0. The van der Waals surface area contributed by atoms with Gasteiger partial charge < -0.3 is 9.99 Å². The molecule has 3 aromatic rings. The van der Waals surface area contributed by atoms with Crippen molar-refractivity contribution in [3.63, 3.8) is 0 Å². The first kappa shape index (κ1) is 15.6. The molecule has 1 aliphatic heterocycles. The number of nitrogens with one attached hydrogen (secondary N) is 2. The van der Waals surface area contributed by atoms with Gasteiger partial charge in [-0.2, -0.15) is 0 Å². The highest BCUT2D eigenvalue weighted by Crippen LogP contribution is 2.37. The molecular formula is C19H21FN6. The maximum atomic E-state index is 14.0. The van der Waals surface area contributed by atoms with E-state index in [1.165, 1.54) is 0 Å². The van der Waals surface area contributed by atoms with Gasteiger partial charge >= 0.3 is 0 Å². The van der Waals surface area contributed by atoms with Crippen molar-refractivity contribution in [3.8, 4) is 0 Å². The van der Waals surface area contributed by atoms with Crippen molar-refractivity contribution >= 4 is 21.9 Å². The Labute approximate surface area is 150 Å². The predicted octanol–water partition coefficient (Wildman–Crippen LogP) is 3.33.